The maximum Gasteiger partial charge on any atom is 0.0966 e. The molecule has 3 aliphatic rings. The number of likely N-dealkylation sites (tertiary alicyclic amines) is 1. The van der Waals surface area contributed by atoms with E-state index in [1.807, 2.05) is 0 Å². The molecule has 0 aromatic heterocycles. The maximum atomic E-state index is 10.4. The second kappa shape index (κ2) is 6.03. The van der Waals surface area contributed by atoms with Crippen LogP contribution in [0.15, 0.2) is 0 Å². The van der Waals surface area contributed by atoms with E-state index in [4.69, 9.17) is 9.47 Å². The van der Waals surface area contributed by atoms with Crippen molar-refractivity contribution < 1.29 is 19.7 Å². The van der Waals surface area contributed by atoms with E-state index in [9.17, 15) is 10.2 Å². The Labute approximate surface area is 113 Å². The molecular weight excluding hydrogens is 248 g/mol. The molecule has 3 fully saturated rings. The van der Waals surface area contributed by atoms with Gasteiger partial charge in [-0.25, -0.2) is 0 Å². The molecule has 0 spiro atoms. The highest BCUT2D eigenvalue weighted by Gasteiger charge is 2.39. The third-order valence-corrected chi connectivity index (χ3v) is 4.57. The van der Waals surface area contributed by atoms with Gasteiger partial charge in [0.25, 0.3) is 0 Å². The molecule has 6 nitrogen and oxygen atoms in total. The molecule has 0 aliphatic carbocycles. The van der Waals surface area contributed by atoms with Crippen LogP contribution >= 0.6 is 0 Å². The van der Waals surface area contributed by atoms with Crippen LogP contribution in [0.2, 0.25) is 0 Å². The summed E-state index contributed by atoms with van der Waals surface area (Å²) in [5, 5.41) is 20.5. The second-order valence-corrected chi connectivity index (χ2v) is 5.75. The lowest BCUT2D eigenvalue weighted by Crippen LogP contribution is -2.58. The van der Waals surface area contributed by atoms with E-state index in [1.54, 1.807) is 0 Å². The lowest BCUT2D eigenvalue weighted by Gasteiger charge is -2.42. The highest BCUT2D eigenvalue weighted by Crippen LogP contribution is 2.22. The molecule has 19 heavy (non-hydrogen) atoms. The topological polar surface area (TPSA) is 65.4 Å². The fourth-order valence-electron chi connectivity index (χ4n) is 3.17. The third-order valence-electron chi connectivity index (χ3n) is 4.57. The van der Waals surface area contributed by atoms with E-state index >= 15 is 0 Å². The van der Waals surface area contributed by atoms with Crippen LogP contribution in [0.4, 0.5) is 0 Å². The minimum absolute atomic E-state index is 0.00185. The smallest absolute Gasteiger partial charge is 0.0966 e. The molecule has 0 aromatic carbocycles. The van der Waals surface area contributed by atoms with Crippen molar-refractivity contribution in [3.63, 3.8) is 0 Å². The zero-order valence-corrected chi connectivity index (χ0v) is 11.3. The van der Waals surface area contributed by atoms with Crippen molar-refractivity contribution in [1.82, 2.24) is 9.80 Å². The summed E-state index contributed by atoms with van der Waals surface area (Å²) in [5.74, 6) is 0. The van der Waals surface area contributed by atoms with Crippen LogP contribution in [0.3, 0.4) is 0 Å². The van der Waals surface area contributed by atoms with Gasteiger partial charge in [-0.1, -0.05) is 0 Å². The van der Waals surface area contributed by atoms with E-state index < -0.39 is 12.2 Å². The van der Waals surface area contributed by atoms with Gasteiger partial charge >= 0.3 is 0 Å². The number of ether oxygens (including phenoxy) is 2. The van der Waals surface area contributed by atoms with Crippen LogP contribution in [-0.4, -0.2) is 96.9 Å². The molecule has 110 valence electrons. The molecule has 3 saturated heterocycles. The zero-order chi connectivity index (χ0) is 13.2. The Hall–Kier alpha value is -0.240. The van der Waals surface area contributed by atoms with Crippen LogP contribution in [0.25, 0.3) is 0 Å². The predicted molar refractivity (Wildman–Crippen MR) is 69.0 cm³/mol. The van der Waals surface area contributed by atoms with E-state index in [-0.39, 0.29) is 6.04 Å². The normalized spacial score (nSPS) is 39.8. The van der Waals surface area contributed by atoms with Crippen molar-refractivity contribution in [3.8, 4) is 0 Å². The highest BCUT2D eigenvalue weighted by molar-refractivity contribution is 4.93. The van der Waals surface area contributed by atoms with E-state index in [1.165, 1.54) is 0 Å². The minimum atomic E-state index is -0.663. The summed E-state index contributed by atoms with van der Waals surface area (Å²) in [6.45, 7) is 6.31. The second-order valence-electron chi connectivity index (χ2n) is 5.75. The van der Waals surface area contributed by atoms with Crippen LogP contribution < -0.4 is 0 Å². The molecule has 0 radical (unpaired) electrons. The summed E-state index contributed by atoms with van der Waals surface area (Å²) in [4.78, 5) is 4.62. The third kappa shape index (κ3) is 2.94. The van der Waals surface area contributed by atoms with Gasteiger partial charge in [-0.3, -0.25) is 9.80 Å². The van der Waals surface area contributed by atoms with Crippen molar-refractivity contribution in [2.45, 2.75) is 30.7 Å². The van der Waals surface area contributed by atoms with Gasteiger partial charge in [-0.15, -0.1) is 0 Å². The Morgan fingerprint density at radius 2 is 1.63 bits per heavy atom. The molecule has 3 rings (SSSR count). The molecule has 0 aromatic rings. The van der Waals surface area contributed by atoms with E-state index in [0.29, 0.717) is 25.7 Å². The van der Waals surface area contributed by atoms with Gasteiger partial charge in [0.2, 0.25) is 0 Å². The molecule has 0 bridgehead atoms. The standard InChI is InChI=1S/C13H24N2O4/c16-12-1-2-15(10-8-19-9-10)7-11(13(12)17)14-3-5-18-6-4-14/h10-13,16-17H,1-9H2/t11-,12-,13+/m1/s1. The van der Waals surface area contributed by atoms with Crippen molar-refractivity contribution in [2.24, 2.45) is 0 Å². The first-order valence-corrected chi connectivity index (χ1v) is 7.25. The van der Waals surface area contributed by atoms with Crippen LogP contribution in [0.1, 0.15) is 6.42 Å². The quantitative estimate of drug-likeness (QED) is 0.639. The average Bonchev–Trinajstić information content (AvgIpc) is 2.52. The molecule has 6 heteroatoms. The molecular formula is C13H24N2O4. The first kappa shape index (κ1) is 13.7. The SMILES string of the molecule is O[C@@H]1[C@H](O)CCN(C2COC2)C[C@H]1N1CCOCC1. The molecule has 3 aliphatic heterocycles. The number of hydrogen-bond acceptors (Lipinski definition) is 6. The monoisotopic (exact) mass is 272 g/mol. The van der Waals surface area contributed by atoms with Gasteiger partial charge in [0.05, 0.1) is 50.7 Å². The van der Waals surface area contributed by atoms with Crippen molar-refractivity contribution in [3.05, 3.63) is 0 Å². The Balaban J connectivity index is 1.69. The fraction of sp³-hybridized carbons (Fsp3) is 1.00. The molecule has 0 amide bonds. The van der Waals surface area contributed by atoms with E-state index in [2.05, 4.69) is 9.80 Å². The van der Waals surface area contributed by atoms with Gasteiger partial charge in [-0.2, -0.15) is 0 Å². The summed E-state index contributed by atoms with van der Waals surface area (Å²) >= 11 is 0. The lowest BCUT2D eigenvalue weighted by atomic mass is 10.0. The van der Waals surface area contributed by atoms with Gasteiger partial charge in [0.15, 0.2) is 0 Å². The summed E-state index contributed by atoms with van der Waals surface area (Å²) in [6.07, 6.45) is -0.652. The summed E-state index contributed by atoms with van der Waals surface area (Å²) in [6, 6.07) is 0.461. The minimum Gasteiger partial charge on any atom is -0.390 e. The Morgan fingerprint density at radius 3 is 2.26 bits per heavy atom. The van der Waals surface area contributed by atoms with Crippen LogP contribution in [0.5, 0.6) is 0 Å². The predicted octanol–water partition coefficient (Wildman–Crippen LogP) is -1.49. The number of hydrogen-bond donors (Lipinski definition) is 2. The summed E-state index contributed by atoms with van der Waals surface area (Å²) in [5.41, 5.74) is 0. The van der Waals surface area contributed by atoms with Gasteiger partial charge in [0, 0.05) is 26.2 Å². The summed E-state index contributed by atoms with van der Waals surface area (Å²) < 4.78 is 10.6. The van der Waals surface area contributed by atoms with Gasteiger partial charge < -0.3 is 19.7 Å². The molecule has 3 atom stereocenters. The number of rotatable bonds is 2. The zero-order valence-electron chi connectivity index (χ0n) is 11.3. The Kier molecular flexibility index (Phi) is 4.36. The number of morpholine rings is 1. The Bertz CT molecular complexity index is 294. The summed E-state index contributed by atoms with van der Waals surface area (Å²) in [7, 11) is 0. The Morgan fingerprint density at radius 1 is 0.895 bits per heavy atom. The lowest BCUT2D eigenvalue weighted by molar-refractivity contribution is -0.0844. The fourth-order valence-corrected chi connectivity index (χ4v) is 3.17. The molecule has 0 saturated carbocycles. The number of aliphatic hydroxyl groups excluding tert-OH is 2. The van der Waals surface area contributed by atoms with Crippen molar-refractivity contribution in [1.29, 1.82) is 0 Å². The first-order valence-electron chi connectivity index (χ1n) is 7.25. The highest BCUT2D eigenvalue weighted by atomic mass is 16.5. The van der Waals surface area contributed by atoms with Gasteiger partial charge in [0.1, 0.15) is 0 Å². The van der Waals surface area contributed by atoms with Gasteiger partial charge in [-0.05, 0) is 6.42 Å². The maximum absolute atomic E-state index is 10.4. The van der Waals surface area contributed by atoms with Crippen molar-refractivity contribution >= 4 is 0 Å². The van der Waals surface area contributed by atoms with E-state index in [0.717, 1.165) is 39.4 Å². The van der Waals surface area contributed by atoms with Crippen LogP contribution in [-0.2, 0) is 9.47 Å². The molecule has 3 heterocycles. The van der Waals surface area contributed by atoms with Crippen LogP contribution in [0, 0.1) is 0 Å². The average molecular weight is 272 g/mol. The van der Waals surface area contributed by atoms with Crippen molar-refractivity contribution in [2.75, 3.05) is 52.6 Å². The molecule has 2 N–H and O–H groups in total. The number of aliphatic hydroxyl groups is 2. The molecule has 0 unspecified atom stereocenters. The first-order chi connectivity index (χ1) is 9.25. The number of nitrogens with zero attached hydrogens (tertiary/aromatic N) is 2. The largest absolute Gasteiger partial charge is 0.390 e.